The molecule has 3 aromatic carbocycles. The predicted octanol–water partition coefficient (Wildman–Crippen LogP) is 3.58. The lowest BCUT2D eigenvalue weighted by atomic mass is 10.1. The lowest BCUT2D eigenvalue weighted by Crippen LogP contribution is -2.29. The van der Waals surface area contributed by atoms with Gasteiger partial charge in [0.2, 0.25) is 0 Å². The number of nitrogens with zero attached hydrogens (tertiary/aromatic N) is 1. The monoisotopic (exact) mass is 451 g/mol. The van der Waals surface area contributed by atoms with Crippen molar-refractivity contribution in [2.75, 3.05) is 18.0 Å². The first-order valence-corrected chi connectivity index (χ1v) is 11.4. The lowest BCUT2D eigenvalue weighted by molar-refractivity contribution is 0.0471. The summed E-state index contributed by atoms with van der Waals surface area (Å²) in [5.74, 6) is -1.09. The Bertz CT molecular complexity index is 1270. The van der Waals surface area contributed by atoms with Crippen molar-refractivity contribution in [2.45, 2.75) is 17.9 Å². The summed E-state index contributed by atoms with van der Waals surface area (Å²) in [6.45, 7) is 0.342. The van der Waals surface area contributed by atoms with Crippen LogP contribution < -0.4 is 4.31 Å². The smallest absolute Gasteiger partial charge is 0.338 e. The molecule has 4 rings (SSSR count). The summed E-state index contributed by atoms with van der Waals surface area (Å²) in [5, 5.41) is 0. The Hall–Kier alpha value is -3.65. The maximum absolute atomic E-state index is 13.2. The zero-order valence-electron chi connectivity index (χ0n) is 17.4. The van der Waals surface area contributed by atoms with E-state index in [1.165, 1.54) is 35.7 Å². The molecule has 0 radical (unpaired) electrons. The molecule has 0 atom stereocenters. The second kappa shape index (κ2) is 8.84. The Labute approximate surface area is 186 Å². The van der Waals surface area contributed by atoms with Crippen LogP contribution in [-0.2, 0) is 32.5 Å². The number of sulfonamides is 1. The second-order valence-corrected chi connectivity index (χ2v) is 9.11. The lowest BCUT2D eigenvalue weighted by Gasteiger charge is -2.19. The van der Waals surface area contributed by atoms with Gasteiger partial charge in [-0.2, -0.15) is 0 Å². The molecule has 0 saturated carbocycles. The van der Waals surface area contributed by atoms with E-state index in [4.69, 9.17) is 4.74 Å². The van der Waals surface area contributed by atoms with Gasteiger partial charge in [0.15, 0.2) is 0 Å². The van der Waals surface area contributed by atoms with Crippen molar-refractivity contribution in [3.05, 3.63) is 95.1 Å². The molecule has 0 fully saturated rings. The Morgan fingerprint density at radius 2 is 1.66 bits per heavy atom. The van der Waals surface area contributed by atoms with Gasteiger partial charge in [-0.25, -0.2) is 18.0 Å². The predicted molar refractivity (Wildman–Crippen MR) is 118 cm³/mol. The molecule has 0 aliphatic carbocycles. The Kier molecular flexibility index (Phi) is 5.96. The minimum absolute atomic E-state index is 0.0171. The minimum atomic E-state index is -3.81. The van der Waals surface area contributed by atoms with E-state index >= 15 is 0 Å². The third-order valence-electron chi connectivity index (χ3n) is 5.25. The van der Waals surface area contributed by atoms with Gasteiger partial charge in [0.05, 0.1) is 28.8 Å². The van der Waals surface area contributed by atoms with Crippen molar-refractivity contribution in [3.63, 3.8) is 0 Å². The van der Waals surface area contributed by atoms with Gasteiger partial charge in [-0.3, -0.25) is 4.31 Å². The van der Waals surface area contributed by atoms with Crippen LogP contribution in [0.3, 0.4) is 0 Å². The van der Waals surface area contributed by atoms with Gasteiger partial charge in [0.1, 0.15) is 6.61 Å². The first kappa shape index (κ1) is 21.6. The van der Waals surface area contributed by atoms with Crippen LogP contribution in [0, 0.1) is 0 Å². The topological polar surface area (TPSA) is 90.0 Å². The largest absolute Gasteiger partial charge is 0.465 e. The third-order valence-corrected chi connectivity index (χ3v) is 7.06. The average molecular weight is 452 g/mol. The molecule has 0 saturated heterocycles. The highest BCUT2D eigenvalue weighted by Gasteiger charge is 2.31. The molecule has 0 N–H and O–H groups in total. The van der Waals surface area contributed by atoms with Crippen LogP contribution >= 0.6 is 0 Å². The van der Waals surface area contributed by atoms with Crippen LogP contribution in [0.25, 0.3) is 0 Å². The van der Waals surface area contributed by atoms with Crippen LogP contribution in [-0.4, -0.2) is 34.0 Å². The Morgan fingerprint density at radius 3 is 2.41 bits per heavy atom. The van der Waals surface area contributed by atoms with Crippen molar-refractivity contribution in [3.8, 4) is 0 Å². The summed E-state index contributed by atoms with van der Waals surface area (Å²) in [5.41, 5.74) is 2.86. The van der Waals surface area contributed by atoms with Gasteiger partial charge in [-0.05, 0) is 53.9 Å². The number of carbonyl (C=O) groups excluding carboxylic acids is 2. The molecule has 0 spiro atoms. The van der Waals surface area contributed by atoms with E-state index in [1.807, 2.05) is 12.1 Å². The second-order valence-electron chi connectivity index (χ2n) is 7.25. The summed E-state index contributed by atoms with van der Waals surface area (Å²) >= 11 is 0. The normalized spacial score (nSPS) is 12.8. The van der Waals surface area contributed by atoms with Gasteiger partial charge in [-0.1, -0.05) is 36.4 Å². The average Bonchev–Trinajstić information content (AvgIpc) is 3.27. The Morgan fingerprint density at radius 1 is 0.906 bits per heavy atom. The van der Waals surface area contributed by atoms with Gasteiger partial charge < -0.3 is 9.47 Å². The van der Waals surface area contributed by atoms with Crippen LogP contribution in [0.4, 0.5) is 5.69 Å². The van der Waals surface area contributed by atoms with Crippen molar-refractivity contribution in [2.24, 2.45) is 0 Å². The summed E-state index contributed by atoms with van der Waals surface area (Å²) in [6, 6.07) is 19.7. The molecular formula is C24H21NO6S. The third kappa shape index (κ3) is 4.22. The van der Waals surface area contributed by atoms with Crippen LogP contribution in [0.15, 0.2) is 77.7 Å². The molecule has 0 amide bonds. The Balaban J connectivity index is 1.48. The number of fused-ring (bicyclic) bond motifs is 1. The number of anilines is 1. The van der Waals surface area contributed by atoms with Crippen LogP contribution in [0.5, 0.6) is 0 Å². The van der Waals surface area contributed by atoms with Crippen LogP contribution in [0.1, 0.15) is 31.8 Å². The number of ether oxygens (including phenoxy) is 2. The van der Waals surface area contributed by atoms with Crippen LogP contribution in [0.2, 0.25) is 0 Å². The zero-order chi connectivity index (χ0) is 22.7. The van der Waals surface area contributed by atoms with E-state index in [2.05, 4.69) is 4.74 Å². The highest BCUT2D eigenvalue weighted by molar-refractivity contribution is 7.92. The molecule has 1 aliphatic heterocycles. The number of para-hydroxylation sites is 1. The van der Waals surface area contributed by atoms with E-state index in [-0.39, 0.29) is 17.1 Å². The van der Waals surface area contributed by atoms with E-state index < -0.39 is 22.0 Å². The van der Waals surface area contributed by atoms with Crippen molar-refractivity contribution >= 4 is 27.6 Å². The standard InChI is InChI=1S/C24H21NO6S/c1-30-23(26)19-11-9-17(10-12-19)16-31-24(27)20-6-4-7-21(15-20)32(28,29)25-14-13-18-5-2-3-8-22(18)25/h2-12,15H,13-14,16H2,1H3. The molecule has 1 heterocycles. The molecule has 0 unspecified atom stereocenters. The van der Waals surface area contributed by atoms with Crippen molar-refractivity contribution in [1.29, 1.82) is 0 Å². The van der Waals surface area contributed by atoms with E-state index in [1.54, 1.807) is 36.4 Å². The molecule has 8 heteroatoms. The quantitative estimate of drug-likeness (QED) is 0.532. The van der Waals surface area contributed by atoms with E-state index in [0.29, 0.717) is 29.8 Å². The van der Waals surface area contributed by atoms with Gasteiger partial charge in [0.25, 0.3) is 10.0 Å². The number of methoxy groups -OCH3 is 1. The number of benzene rings is 3. The number of esters is 2. The van der Waals surface area contributed by atoms with Crippen molar-refractivity contribution < 1.29 is 27.5 Å². The molecule has 0 bridgehead atoms. The molecule has 32 heavy (non-hydrogen) atoms. The fourth-order valence-corrected chi connectivity index (χ4v) is 5.11. The molecule has 0 aromatic heterocycles. The SMILES string of the molecule is COC(=O)c1ccc(COC(=O)c2cccc(S(=O)(=O)N3CCc4ccccc43)c2)cc1. The first-order valence-electron chi connectivity index (χ1n) is 9.95. The zero-order valence-corrected chi connectivity index (χ0v) is 18.2. The number of hydrogen-bond donors (Lipinski definition) is 0. The van der Waals surface area contributed by atoms with E-state index in [9.17, 15) is 18.0 Å². The fourth-order valence-electron chi connectivity index (χ4n) is 3.56. The van der Waals surface area contributed by atoms with Gasteiger partial charge in [0, 0.05) is 6.54 Å². The summed E-state index contributed by atoms with van der Waals surface area (Å²) < 4.78 is 37.7. The minimum Gasteiger partial charge on any atom is -0.465 e. The summed E-state index contributed by atoms with van der Waals surface area (Å²) in [7, 11) is -2.51. The maximum Gasteiger partial charge on any atom is 0.338 e. The molecule has 1 aliphatic rings. The summed E-state index contributed by atoms with van der Waals surface area (Å²) in [6.07, 6.45) is 0.645. The number of hydrogen-bond acceptors (Lipinski definition) is 6. The number of carbonyl (C=O) groups is 2. The first-order chi connectivity index (χ1) is 15.4. The fraction of sp³-hybridized carbons (Fsp3) is 0.167. The highest BCUT2D eigenvalue weighted by Crippen LogP contribution is 2.32. The number of rotatable bonds is 6. The molecule has 3 aromatic rings. The highest BCUT2D eigenvalue weighted by atomic mass is 32.2. The van der Waals surface area contributed by atoms with Gasteiger partial charge >= 0.3 is 11.9 Å². The summed E-state index contributed by atoms with van der Waals surface area (Å²) in [4.78, 5) is 24.1. The van der Waals surface area contributed by atoms with Gasteiger partial charge in [-0.15, -0.1) is 0 Å². The molecule has 164 valence electrons. The van der Waals surface area contributed by atoms with Crippen molar-refractivity contribution in [1.82, 2.24) is 0 Å². The molecule has 7 nitrogen and oxygen atoms in total. The van der Waals surface area contributed by atoms with E-state index in [0.717, 1.165) is 5.56 Å². The molecular weight excluding hydrogens is 430 g/mol. The maximum atomic E-state index is 13.2.